The van der Waals surface area contributed by atoms with Gasteiger partial charge >= 0.3 is 0 Å². The van der Waals surface area contributed by atoms with Crippen molar-refractivity contribution in [3.05, 3.63) is 76.5 Å². The molecule has 0 bridgehead atoms. The summed E-state index contributed by atoms with van der Waals surface area (Å²) in [6.45, 7) is 1.73. The third-order valence-corrected chi connectivity index (χ3v) is 4.49. The van der Waals surface area contributed by atoms with Gasteiger partial charge in [0.1, 0.15) is 5.75 Å². The summed E-state index contributed by atoms with van der Waals surface area (Å²) in [6.07, 6.45) is 1.88. The highest BCUT2D eigenvalue weighted by molar-refractivity contribution is 5.71. The minimum Gasteiger partial charge on any atom is -0.496 e. The lowest BCUT2D eigenvalue weighted by Gasteiger charge is -2.08. The summed E-state index contributed by atoms with van der Waals surface area (Å²) < 4.78 is 7.29. The highest BCUT2D eigenvalue weighted by Gasteiger charge is 2.15. The lowest BCUT2D eigenvalue weighted by Crippen LogP contribution is -1.95. The molecular weight excluding hydrogens is 344 g/mol. The monoisotopic (exact) mass is 360 g/mol. The molecule has 2 aromatic heterocycles. The van der Waals surface area contributed by atoms with E-state index < -0.39 is 0 Å². The molecule has 134 valence electrons. The maximum absolute atomic E-state index is 11.3. The summed E-state index contributed by atoms with van der Waals surface area (Å²) >= 11 is 0. The number of nitro groups is 1. The number of hydrogen-bond donors (Lipinski definition) is 0. The molecule has 0 saturated carbocycles. The summed E-state index contributed by atoms with van der Waals surface area (Å²) in [6, 6.07) is 16.5. The van der Waals surface area contributed by atoms with Crippen molar-refractivity contribution >= 4 is 11.3 Å². The van der Waals surface area contributed by atoms with Crippen molar-refractivity contribution in [1.82, 2.24) is 14.6 Å². The third-order valence-electron chi connectivity index (χ3n) is 4.49. The molecule has 0 fully saturated rings. The van der Waals surface area contributed by atoms with Crippen LogP contribution in [0.4, 0.5) is 5.69 Å². The van der Waals surface area contributed by atoms with Gasteiger partial charge in [0.2, 0.25) is 0 Å². The lowest BCUT2D eigenvalue weighted by atomic mass is 10.0. The Hall–Kier alpha value is -3.74. The van der Waals surface area contributed by atoms with Crippen molar-refractivity contribution in [3.63, 3.8) is 0 Å². The average Bonchev–Trinajstić information content (AvgIpc) is 3.11. The molecule has 4 rings (SSSR count). The molecule has 7 heteroatoms. The zero-order valence-corrected chi connectivity index (χ0v) is 14.8. The molecule has 0 radical (unpaired) electrons. The van der Waals surface area contributed by atoms with Crippen LogP contribution in [-0.2, 0) is 0 Å². The Balaban J connectivity index is 1.88. The number of ether oxygens (including phenoxy) is 1. The minimum absolute atomic E-state index is 0.0984. The van der Waals surface area contributed by atoms with Crippen LogP contribution in [0.5, 0.6) is 5.75 Å². The standard InChI is InChI=1S/C20H16N4O3/c1-13-7-8-14(11-17(13)24(25)26)15-9-10-19-21-22-20(23(19)12-15)16-5-3-4-6-18(16)27-2/h3-12H,1-2H3. The number of methoxy groups -OCH3 is 1. The number of pyridine rings is 1. The number of aromatic nitrogens is 3. The van der Waals surface area contributed by atoms with Crippen molar-refractivity contribution in [2.75, 3.05) is 7.11 Å². The maximum atomic E-state index is 11.3. The van der Waals surface area contributed by atoms with E-state index in [1.54, 1.807) is 26.2 Å². The van der Waals surface area contributed by atoms with Gasteiger partial charge in [-0.2, -0.15) is 0 Å². The normalized spacial score (nSPS) is 10.9. The van der Waals surface area contributed by atoms with Crippen LogP contribution in [0.25, 0.3) is 28.2 Å². The third kappa shape index (κ3) is 2.89. The number of nitro benzene ring substituents is 1. The van der Waals surface area contributed by atoms with E-state index in [2.05, 4.69) is 10.2 Å². The van der Waals surface area contributed by atoms with E-state index in [1.165, 1.54) is 0 Å². The first kappa shape index (κ1) is 16.7. The number of hydrogen-bond acceptors (Lipinski definition) is 5. The molecule has 27 heavy (non-hydrogen) atoms. The number of rotatable bonds is 4. The maximum Gasteiger partial charge on any atom is 0.272 e. The summed E-state index contributed by atoms with van der Waals surface area (Å²) in [7, 11) is 1.61. The van der Waals surface area contributed by atoms with Crippen molar-refractivity contribution in [3.8, 4) is 28.3 Å². The highest BCUT2D eigenvalue weighted by Crippen LogP contribution is 2.31. The van der Waals surface area contributed by atoms with Gasteiger partial charge in [-0.15, -0.1) is 10.2 Å². The van der Waals surface area contributed by atoms with Gasteiger partial charge in [-0.25, -0.2) is 0 Å². The minimum atomic E-state index is -0.365. The van der Waals surface area contributed by atoms with Gasteiger partial charge in [-0.1, -0.05) is 24.3 Å². The number of benzene rings is 2. The van der Waals surface area contributed by atoms with E-state index in [9.17, 15) is 10.1 Å². The van der Waals surface area contributed by atoms with Gasteiger partial charge < -0.3 is 4.74 Å². The molecule has 0 amide bonds. The Bertz CT molecular complexity index is 1170. The molecule has 0 saturated heterocycles. The second-order valence-corrected chi connectivity index (χ2v) is 6.13. The quantitative estimate of drug-likeness (QED) is 0.400. The smallest absolute Gasteiger partial charge is 0.272 e. The molecule has 4 aromatic rings. The molecule has 0 aliphatic heterocycles. The zero-order valence-electron chi connectivity index (χ0n) is 14.8. The van der Waals surface area contributed by atoms with Crippen LogP contribution in [-0.4, -0.2) is 26.6 Å². The van der Waals surface area contributed by atoms with Crippen LogP contribution >= 0.6 is 0 Å². The molecule has 0 unspecified atom stereocenters. The summed E-state index contributed by atoms with van der Waals surface area (Å²) in [5.74, 6) is 1.34. The summed E-state index contributed by atoms with van der Waals surface area (Å²) in [4.78, 5) is 10.9. The lowest BCUT2D eigenvalue weighted by molar-refractivity contribution is -0.385. The molecule has 7 nitrogen and oxygen atoms in total. The fourth-order valence-corrected chi connectivity index (χ4v) is 3.06. The van der Waals surface area contributed by atoms with Gasteiger partial charge in [-0.05, 0) is 42.3 Å². The molecule has 0 aliphatic rings. The van der Waals surface area contributed by atoms with Crippen LogP contribution < -0.4 is 4.74 Å². The van der Waals surface area contributed by atoms with Crippen LogP contribution in [0, 0.1) is 17.0 Å². The van der Waals surface area contributed by atoms with Crippen LogP contribution in [0.15, 0.2) is 60.8 Å². The van der Waals surface area contributed by atoms with Crippen LogP contribution in [0.2, 0.25) is 0 Å². The van der Waals surface area contributed by atoms with Crippen molar-refractivity contribution in [2.24, 2.45) is 0 Å². The molecule has 2 aromatic carbocycles. The average molecular weight is 360 g/mol. The van der Waals surface area contributed by atoms with Gasteiger partial charge in [0.25, 0.3) is 5.69 Å². The first-order valence-electron chi connectivity index (χ1n) is 8.32. The van der Waals surface area contributed by atoms with Gasteiger partial charge in [-0.3, -0.25) is 14.5 Å². The Morgan fingerprint density at radius 3 is 2.59 bits per heavy atom. The SMILES string of the molecule is COc1ccccc1-c1nnc2ccc(-c3ccc(C)c([N+](=O)[O-])c3)cn12. The second-order valence-electron chi connectivity index (χ2n) is 6.13. The zero-order chi connectivity index (χ0) is 19.0. The fourth-order valence-electron chi connectivity index (χ4n) is 3.06. The fraction of sp³-hybridized carbons (Fsp3) is 0.100. The molecule has 0 aliphatic carbocycles. The number of para-hydroxylation sites is 1. The van der Waals surface area contributed by atoms with E-state index in [1.807, 2.05) is 53.1 Å². The second kappa shape index (κ2) is 6.53. The van der Waals surface area contributed by atoms with Crippen molar-refractivity contribution in [1.29, 1.82) is 0 Å². The predicted octanol–water partition coefficient (Wildman–Crippen LogP) is 4.29. The molecule has 0 N–H and O–H groups in total. The van der Waals surface area contributed by atoms with Gasteiger partial charge in [0, 0.05) is 17.8 Å². The number of aryl methyl sites for hydroxylation is 1. The van der Waals surface area contributed by atoms with Crippen molar-refractivity contribution < 1.29 is 9.66 Å². The first-order chi connectivity index (χ1) is 13.1. The highest BCUT2D eigenvalue weighted by atomic mass is 16.6. The topological polar surface area (TPSA) is 82.6 Å². The number of fused-ring (bicyclic) bond motifs is 1. The molecule has 2 heterocycles. The van der Waals surface area contributed by atoms with Gasteiger partial charge in [0.05, 0.1) is 17.6 Å². The molecule has 0 spiro atoms. The molecular formula is C20H16N4O3. The van der Waals surface area contributed by atoms with Crippen LogP contribution in [0.1, 0.15) is 5.56 Å². The van der Waals surface area contributed by atoms with Crippen LogP contribution in [0.3, 0.4) is 0 Å². The van der Waals surface area contributed by atoms with Gasteiger partial charge in [0.15, 0.2) is 11.5 Å². The molecule has 0 atom stereocenters. The number of nitrogens with zero attached hydrogens (tertiary/aromatic N) is 4. The Morgan fingerprint density at radius 1 is 1.04 bits per heavy atom. The van der Waals surface area contributed by atoms with E-state index in [0.29, 0.717) is 22.8 Å². The Morgan fingerprint density at radius 2 is 1.81 bits per heavy atom. The Labute approximate surface area is 155 Å². The predicted molar refractivity (Wildman–Crippen MR) is 102 cm³/mol. The van der Waals surface area contributed by atoms with E-state index in [-0.39, 0.29) is 10.6 Å². The van der Waals surface area contributed by atoms with Crippen molar-refractivity contribution in [2.45, 2.75) is 6.92 Å². The van der Waals surface area contributed by atoms with E-state index in [4.69, 9.17) is 4.74 Å². The first-order valence-corrected chi connectivity index (χ1v) is 8.32. The summed E-state index contributed by atoms with van der Waals surface area (Å²) in [5, 5.41) is 19.8. The Kier molecular flexibility index (Phi) is 4.04. The largest absolute Gasteiger partial charge is 0.496 e. The van der Waals surface area contributed by atoms with E-state index >= 15 is 0 Å². The summed E-state index contributed by atoms with van der Waals surface area (Å²) in [5.41, 5.74) is 3.82. The van der Waals surface area contributed by atoms with E-state index in [0.717, 1.165) is 16.7 Å².